The third-order valence-corrected chi connectivity index (χ3v) is 3.15. The molecule has 0 N–H and O–H groups in total. The maximum absolute atomic E-state index is 5.64. The fourth-order valence-electron chi connectivity index (χ4n) is 1.38. The molecular formula is C9H8Br2O. The van der Waals surface area contributed by atoms with Crippen LogP contribution >= 0.6 is 31.9 Å². The first-order valence-electron chi connectivity index (χ1n) is 3.80. The Morgan fingerprint density at radius 1 is 1.50 bits per heavy atom. The van der Waals surface area contributed by atoms with Crippen LogP contribution in [0, 0.1) is 0 Å². The van der Waals surface area contributed by atoms with Gasteiger partial charge in [0.2, 0.25) is 0 Å². The van der Waals surface area contributed by atoms with Crippen molar-refractivity contribution in [2.45, 2.75) is 12.5 Å². The standard InChI is InChI=1S/C9H8Br2O/c10-5-8-4-6-3-7(11)1-2-9(6)12-8/h1-3,8H,4-5H2. The SMILES string of the molecule is BrCC1Cc2cc(Br)ccc2O1. The molecular weight excluding hydrogens is 284 g/mol. The first-order valence-corrected chi connectivity index (χ1v) is 5.72. The molecule has 1 aromatic rings. The Kier molecular flexibility index (Phi) is 2.42. The highest BCUT2D eigenvalue weighted by Gasteiger charge is 2.21. The van der Waals surface area contributed by atoms with Gasteiger partial charge in [-0.25, -0.2) is 0 Å². The van der Waals surface area contributed by atoms with Gasteiger partial charge in [0.05, 0.1) is 0 Å². The van der Waals surface area contributed by atoms with E-state index >= 15 is 0 Å². The number of hydrogen-bond donors (Lipinski definition) is 0. The van der Waals surface area contributed by atoms with E-state index in [4.69, 9.17) is 4.74 Å². The van der Waals surface area contributed by atoms with Crippen LogP contribution in [0.4, 0.5) is 0 Å². The average Bonchev–Trinajstić information content (AvgIpc) is 2.46. The van der Waals surface area contributed by atoms with E-state index in [1.54, 1.807) is 0 Å². The lowest BCUT2D eigenvalue weighted by atomic mass is 10.1. The van der Waals surface area contributed by atoms with Gasteiger partial charge < -0.3 is 4.74 Å². The smallest absolute Gasteiger partial charge is 0.123 e. The summed E-state index contributed by atoms with van der Waals surface area (Å²) in [6, 6.07) is 6.15. The van der Waals surface area contributed by atoms with Gasteiger partial charge in [0.1, 0.15) is 11.9 Å². The maximum Gasteiger partial charge on any atom is 0.123 e. The second-order valence-electron chi connectivity index (χ2n) is 2.85. The van der Waals surface area contributed by atoms with E-state index in [0.717, 1.165) is 22.0 Å². The quantitative estimate of drug-likeness (QED) is 0.722. The Hall–Kier alpha value is -0.0200. The molecule has 64 valence electrons. The topological polar surface area (TPSA) is 9.23 Å². The number of ether oxygens (including phenoxy) is 1. The van der Waals surface area contributed by atoms with Crippen LogP contribution in [0.2, 0.25) is 0 Å². The first-order chi connectivity index (χ1) is 5.79. The van der Waals surface area contributed by atoms with Crippen LogP contribution in [-0.4, -0.2) is 11.4 Å². The molecule has 0 saturated carbocycles. The summed E-state index contributed by atoms with van der Waals surface area (Å²) in [6.07, 6.45) is 1.33. The predicted octanol–water partition coefficient (Wildman–Crippen LogP) is 3.15. The predicted molar refractivity (Wildman–Crippen MR) is 56.1 cm³/mol. The lowest BCUT2D eigenvalue weighted by Gasteiger charge is -2.04. The lowest BCUT2D eigenvalue weighted by molar-refractivity contribution is 0.260. The number of hydrogen-bond acceptors (Lipinski definition) is 1. The molecule has 0 aliphatic carbocycles. The third kappa shape index (κ3) is 1.52. The molecule has 1 aliphatic heterocycles. The molecule has 0 saturated heterocycles. The maximum atomic E-state index is 5.64. The highest BCUT2D eigenvalue weighted by atomic mass is 79.9. The second kappa shape index (κ2) is 3.38. The molecule has 1 heterocycles. The Labute approximate surface area is 88.4 Å². The minimum absolute atomic E-state index is 0.314. The van der Waals surface area contributed by atoms with Crippen LogP contribution in [0.15, 0.2) is 22.7 Å². The van der Waals surface area contributed by atoms with Crippen molar-refractivity contribution in [3.8, 4) is 5.75 Å². The van der Waals surface area contributed by atoms with Gasteiger partial charge in [-0.1, -0.05) is 31.9 Å². The molecule has 1 atom stereocenters. The Bertz CT molecular complexity index is 299. The van der Waals surface area contributed by atoms with Gasteiger partial charge in [0, 0.05) is 16.2 Å². The van der Waals surface area contributed by atoms with Crippen molar-refractivity contribution in [2.75, 3.05) is 5.33 Å². The molecule has 1 unspecified atom stereocenters. The first kappa shape index (κ1) is 8.57. The molecule has 0 fully saturated rings. The molecule has 0 radical (unpaired) electrons. The molecule has 1 aliphatic rings. The molecule has 0 amide bonds. The highest BCUT2D eigenvalue weighted by molar-refractivity contribution is 9.10. The van der Waals surface area contributed by atoms with Crippen LogP contribution in [-0.2, 0) is 6.42 Å². The number of benzene rings is 1. The molecule has 3 heteroatoms. The summed E-state index contributed by atoms with van der Waals surface area (Å²) in [5.74, 6) is 1.03. The van der Waals surface area contributed by atoms with Crippen LogP contribution in [0.3, 0.4) is 0 Å². The number of fused-ring (bicyclic) bond motifs is 1. The van der Waals surface area contributed by atoms with Crippen molar-refractivity contribution in [3.05, 3.63) is 28.2 Å². The summed E-state index contributed by atoms with van der Waals surface area (Å²) in [4.78, 5) is 0. The summed E-state index contributed by atoms with van der Waals surface area (Å²) < 4.78 is 6.77. The van der Waals surface area contributed by atoms with Gasteiger partial charge >= 0.3 is 0 Å². The van der Waals surface area contributed by atoms with Crippen molar-refractivity contribution in [2.24, 2.45) is 0 Å². The van der Waals surface area contributed by atoms with Crippen LogP contribution < -0.4 is 4.74 Å². The Morgan fingerprint density at radius 3 is 3.08 bits per heavy atom. The molecule has 2 rings (SSSR count). The zero-order valence-corrected chi connectivity index (χ0v) is 9.56. The van der Waals surface area contributed by atoms with Crippen molar-refractivity contribution >= 4 is 31.9 Å². The molecule has 0 aromatic heterocycles. The summed E-state index contributed by atoms with van der Waals surface area (Å²) in [5.41, 5.74) is 1.30. The van der Waals surface area contributed by atoms with E-state index in [9.17, 15) is 0 Å². The fraction of sp³-hybridized carbons (Fsp3) is 0.333. The largest absolute Gasteiger partial charge is 0.489 e. The van der Waals surface area contributed by atoms with Crippen LogP contribution in [0.25, 0.3) is 0 Å². The summed E-state index contributed by atoms with van der Waals surface area (Å²) in [7, 11) is 0. The fourth-order valence-corrected chi connectivity index (χ4v) is 2.14. The van der Waals surface area contributed by atoms with E-state index in [2.05, 4.69) is 37.9 Å². The van der Waals surface area contributed by atoms with Crippen molar-refractivity contribution in [3.63, 3.8) is 0 Å². The van der Waals surface area contributed by atoms with Gasteiger partial charge in [0.15, 0.2) is 0 Å². The van der Waals surface area contributed by atoms with Crippen molar-refractivity contribution in [1.82, 2.24) is 0 Å². The van der Waals surface area contributed by atoms with Gasteiger partial charge in [-0.3, -0.25) is 0 Å². The van der Waals surface area contributed by atoms with E-state index in [-0.39, 0.29) is 0 Å². The monoisotopic (exact) mass is 290 g/mol. The van der Waals surface area contributed by atoms with Gasteiger partial charge in [-0.15, -0.1) is 0 Å². The minimum atomic E-state index is 0.314. The summed E-state index contributed by atoms with van der Waals surface area (Å²) in [6.45, 7) is 0. The van der Waals surface area contributed by atoms with E-state index in [1.807, 2.05) is 12.1 Å². The highest BCUT2D eigenvalue weighted by Crippen LogP contribution is 2.31. The number of halogens is 2. The Morgan fingerprint density at radius 2 is 2.33 bits per heavy atom. The van der Waals surface area contributed by atoms with Crippen LogP contribution in [0.5, 0.6) is 5.75 Å². The molecule has 0 spiro atoms. The molecule has 1 aromatic carbocycles. The summed E-state index contributed by atoms with van der Waals surface area (Å²) in [5, 5.41) is 0.902. The third-order valence-electron chi connectivity index (χ3n) is 1.94. The summed E-state index contributed by atoms with van der Waals surface area (Å²) >= 11 is 6.86. The number of alkyl halides is 1. The van der Waals surface area contributed by atoms with Crippen molar-refractivity contribution < 1.29 is 4.74 Å². The minimum Gasteiger partial charge on any atom is -0.489 e. The molecule has 0 bridgehead atoms. The van der Waals surface area contributed by atoms with E-state index in [0.29, 0.717) is 6.10 Å². The van der Waals surface area contributed by atoms with E-state index in [1.165, 1.54) is 5.56 Å². The van der Waals surface area contributed by atoms with Crippen LogP contribution in [0.1, 0.15) is 5.56 Å². The molecule has 1 nitrogen and oxygen atoms in total. The van der Waals surface area contributed by atoms with Crippen molar-refractivity contribution in [1.29, 1.82) is 0 Å². The lowest BCUT2D eigenvalue weighted by Crippen LogP contribution is -2.13. The zero-order chi connectivity index (χ0) is 8.55. The number of rotatable bonds is 1. The van der Waals surface area contributed by atoms with Gasteiger partial charge in [0.25, 0.3) is 0 Å². The average molecular weight is 292 g/mol. The second-order valence-corrected chi connectivity index (χ2v) is 4.41. The van der Waals surface area contributed by atoms with Gasteiger partial charge in [-0.05, 0) is 23.8 Å². The normalized spacial score (nSPS) is 20.3. The molecule has 12 heavy (non-hydrogen) atoms. The Balaban J connectivity index is 2.30. The van der Waals surface area contributed by atoms with Gasteiger partial charge in [-0.2, -0.15) is 0 Å². The van der Waals surface area contributed by atoms with E-state index < -0.39 is 0 Å². The zero-order valence-electron chi connectivity index (χ0n) is 6.39.